The molecule has 0 spiro atoms. The first-order valence-corrected chi connectivity index (χ1v) is 10.4. The average molecular weight is 364 g/mol. The van der Waals surface area contributed by atoms with Crippen LogP contribution in [0.3, 0.4) is 0 Å². The Labute approximate surface area is 159 Å². The standard InChI is InChI=1S/C22H37NO3/c1-3-5-7-8-9-10-11-12-13-14-21(23-25)20-18-19(15-16-22(20)24)26-17-6-4-2/h15-16,18,24-25H,3-14,17H2,1-2H3. The van der Waals surface area contributed by atoms with Gasteiger partial charge in [-0.15, -0.1) is 0 Å². The van der Waals surface area contributed by atoms with Gasteiger partial charge in [-0.05, 0) is 37.5 Å². The summed E-state index contributed by atoms with van der Waals surface area (Å²) >= 11 is 0. The van der Waals surface area contributed by atoms with Crippen molar-refractivity contribution in [3.8, 4) is 11.5 Å². The molecule has 0 saturated heterocycles. The molecule has 0 saturated carbocycles. The van der Waals surface area contributed by atoms with E-state index in [1.165, 1.54) is 44.9 Å². The molecular formula is C22H37NO3. The molecule has 2 N–H and O–H groups in total. The highest BCUT2D eigenvalue weighted by Crippen LogP contribution is 2.26. The molecule has 26 heavy (non-hydrogen) atoms. The summed E-state index contributed by atoms with van der Waals surface area (Å²) in [6, 6.07) is 5.13. The Hall–Kier alpha value is -1.71. The minimum atomic E-state index is 0.136. The van der Waals surface area contributed by atoms with E-state index in [4.69, 9.17) is 4.74 Å². The lowest BCUT2D eigenvalue weighted by Gasteiger charge is -2.11. The summed E-state index contributed by atoms with van der Waals surface area (Å²) in [6.07, 6.45) is 14.0. The highest BCUT2D eigenvalue weighted by Gasteiger charge is 2.11. The Morgan fingerprint density at radius 2 is 1.50 bits per heavy atom. The van der Waals surface area contributed by atoms with Crippen LogP contribution in [-0.2, 0) is 0 Å². The molecule has 1 aromatic rings. The second-order valence-electron chi connectivity index (χ2n) is 7.01. The number of benzene rings is 1. The molecule has 0 aliphatic rings. The molecule has 148 valence electrons. The number of phenols is 1. The molecule has 0 unspecified atom stereocenters. The third kappa shape index (κ3) is 9.12. The summed E-state index contributed by atoms with van der Waals surface area (Å²) in [5, 5.41) is 22.9. The predicted molar refractivity (Wildman–Crippen MR) is 109 cm³/mol. The van der Waals surface area contributed by atoms with Gasteiger partial charge in [0, 0.05) is 5.56 Å². The van der Waals surface area contributed by atoms with Crippen molar-refractivity contribution in [2.45, 2.75) is 90.9 Å². The molecule has 0 bridgehead atoms. The van der Waals surface area contributed by atoms with Gasteiger partial charge < -0.3 is 15.1 Å². The first-order valence-electron chi connectivity index (χ1n) is 10.4. The molecule has 0 aliphatic heterocycles. The van der Waals surface area contributed by atoms with Crippen molar-refractivity contribution < 1.29 is 15.1 Å². The van der Waals surface area contributed by atoms with E-state index in [0.29, 0.717) is 30.1 Å². The summed E-state index contributed by atoms with van der Waals surface area (Å²) in [6.45, 7) is 5.02. The monoisotopic (exact) mass is 363 g/mol. The van der Waals surface area contributed by atoms with E-state index in [2.05, 4.69) is 19.0 Å². The van der Waals surface area contributed by atoms with Crippen molar-refractivity contribution >= 4 is 5.71 Å². The topological polar surface area (TPSA) is 62.1 Å². The van der Waals surface area contributed by atoms with Crippen molar-refractivity contribution in [2.75, 3.05) is 6.61 Å². The predicted octanol–water partition coefficient (Wildman–Crippen LogP) is 6.67. The fraction of sp³-hybridized carbons (Fsp3) is 0.682. The fourth-order valence-corrected chi connectivity index (χ4v) is 3.01. The number of phenolic OH excluding ortho intramolecular Hbond substituents is 1. The van der Waals surface area contributed by atoms with Crippen LogP contribution in [0.4, 0.5) is 0 Å². The molecule has 0 fully saturated rings. The molecule has 0 aliphatic carbocycles. The van der Waals surface area contributed by atoms with Crippen molar-refractivity contribution in [2.24, 2.45) is 5.16 Å². The zero-order chi connectivity index (χ0) is 19.0. The molecule has 0 amide bonds. The van der Waals surface area contributed by atoms with Crippen LogP contribution in [0.25, 0.3) is 0 Å². The number of nitrogens with zero attached hydrogens (tertiary/aromatic N) is 1. The summed E-state index contributed by atoms with van der Waals surface area (Å²) in [4.78, 5) is 0. The van der Waals surface area contributed by atoms with Crippen molar-refractivity contribution in [3.63, 3.8) is 0 Å². The normalized spacial score (nSPS) is 11.7. The maximum atomic E-state index is 10.1. The van der Waals surface area contributed by atoms with Crippen LogP contribution in [0.15, 0.2) is 23.4 Å². The number of hydrogen-bond donors (Lipinski definition) is 2. The smallest absolute Gasteiger partial charge is 0.125 e. The van der Waals surface area contributed by atoms with Crippen LogP contribution in [0.1, 0.15) is 96.5 Å². The van der Waals surface area contributed by atoms with Gasteiger partial charge >= 0.3 is 0 Å². The fourth-order valence-electron chi connectivity index (χ4n) is 3.01. The molecule has 1 aromatic carbocycles. The van der Waals surface area contributed by atoms with Crippen molar-refractivity contribution in [1.29, 1.82) is 0 Å². The zero-order valence-corrected chi connectivity index (χ0v) is 16.7. The van der Waals surface area contributed by atoms with Crippen LogP contribution in [0.5, 0.6) is 11.5 Å². The first kappa shape index (κ1) is 22.3. The summed E-state index contributed by atoms with van der Waals surface area (Å²) in [5.41, 5.74) is 1.10. The molecule has 4 heteroatoms. The maximum Gasteiger partial charge on any atom is 0.125 e. The number of unbranched alkanes of at least 4 members (excludes halogenated alkanes) is 9. The first-order chi connectivity index (χ1) is 12.7. The summed E-state index contributed by atoms with van der Waals surface area (Å²) in [5.74, 6) is 0.844. The van der Waals surface area contributed by atoms with E-state index in [9.17, 15) is 10.3 Å². The van der Waals surface area contributed by atoms with E-state index in [-0.39, 0.29) is 5.75 Å². The number of ether oxygens (including phenoxy) is 1. The second kappa shape index (κ2) is 14.5. The van der Waals surface area contributed by atoms with E-state index < -0.39 is 0 Å². The molecule has 0 aromatic heterocycles. The second-order valence-corrected chi connectivity index (χ2v) is 7.01. The minimum Gasteiger partial charge on any atom is -0.507 e. The van der Waals surface area contributed by atoms with Gasteiger partial charge in [-0.1, -0.05) is 76.8 Å². The van der Waals surface area contributed by atoms with Crippen LogP contribution in [-0.4, -0.2) is 22.6 Å². The molecule has 0 radical (unpaired) electrons. The Morgan fingerprint density at radius 1 is 0.885 bits per heavy atom. The summed E-state index contributed by atoms with van der Waals surface area (Å²) < 4.78 is 5.69. The van der Waals surface area contributed by atoms with Crippen LogP contribution < -0.4 is 4.74 Å². The van der Waals surface area contributed by atoms with Crippen LogP contribution in [0, 0.1) is 0 Å². The lowest BCUT2D eigenvalue weighted by Crippen LogP contribution is -2.03. The van der Waals surface area contributed by atoms with Gasteiger partial charge in [-0.3, -0.25) is 0 Å². The van der Waals surface area contributed by atoms with E-state index in [0.717, 1.165) is 25.7 Å². The van der Waals surface area contributed by atoms with Gasteiger partial charge in [-0.25, -0.2) is 0 Å². The van der Waals surface area contributed by atoms with Crippen LogP contribution in [0.2, 0.25) is 0 Å². The number of hydrogen-bond acceptors (Lipinski definition) is 4. The molecule has 1 rings (SSSR count). The van der Waals surface area contributed by atoms with E-state index >= 15 is 0 Å². The molecule has 0 atom stereocenters. The lowest BCUT2D eigenvalue weighted by molar-refractivity contribution is 0.308. The van der Waals surface area contributed by atoms with Crippen LogP contribution >= 0.6 is 0 Å². The third-order valence-corrected chi connectivity index (χ3v) is 4.68. The molecular weight excluding hydrogens is 326 g/mol. The average Bonchev–Trinajstić information content (AvgIpc) is 2.65. The quantitative estimate of drug-likeness (QED) is 0.158. The SMILES string of the molecule is CCCCCCCCCCCC(=NO)c1cc(OCCCC)ccc1O. The van der Waals surface area contributed by atoms with E-state index in [1.807, 2.05) is 0 Å². The van der Waals surface area contributed by atoms with Crippen molar-refractivity contribution in [1.82, 2.24) is 0 Å². The highest BCUT2D eigenvalue weighted by molar-refractivity contribution is 6.02. The van der Waals surface area contributed by atoms with Gasteiger partial charge in [0.25, 0.3) is 0 Å². The Balaban J connectivity index is 2.37. The molecule has 4 nitrogen and oxygen atoms in total. The number of rotatable bonds is 15. The lowest BCUT2D eigenvalue weighted by atomic mass is 10.0. The van der Waals surface area contributed by atoms with Gasteiger partial charge in [0.15, 0.2) is 0 Å². The minimum absolute atomic E-state index is 0.136. The summed E-state index contributed by atoms with van der Waals surface area (Å²) in [7, 11) is 0. The number of aromatic hydroxyl groups is 1. The van der Waals surface area contributed by atoms with Gasteiger partial charge in [0.05, 0.1) is 12.3 Å². The Bertz CT molecular complexity index is 514. The third-order valence-electron chi connectivity index (χ3n) is 4.68. The zero-order valence-electron chi connectivity index (χ0n) is 16.7. The van der Waals surface area contributed by atoms with Crippen molar-refractivity contribution in [3.05, 3.63) is 23.8 Å². The highest BCUT2D eigenvalue weighted by atomic mass is 16.5. The van der Waals surface area contributed by atoms with Gasteiger partial charge in [0.2, 0.25) is 0 Å². The Kier molecular flexibility index (Phi) is 12.4. The van der Waals surface area contributed by atoms with Gasteiger partial charge in [0.1, 0.15) is 11.5 Å². The maximum absolute atomic E-state index is 10.1. The van der Waals surface area contributed by atoms with E-state index in [1.54, 1.807) is 18.2 Å². The Morgan fingerprint density at radius 3 is 2.12 bits per heavy atom. The number of oxime groups is 1. The van der Waals surface area contributed by atoms with Gasteiger partial charge in [-0.2, -0.15) is 0 Å². The molecule has 0 heterocycles. The largest absolute Gasteiger partial charge is 0.507 e.